The van der Waals surface area contributed by atoms with Gasteiger partial charge in [-0.05, 0) is 12.8 Å². The average Bonchev–Trinajstić information content (AvgIpc) is 1.69. The lowest BCUT2D eigenvalue weighted by atomic mass is 10.0. The van der Waals surface area contributed by atoms with Gasteiger partial charge in [0.1, 0.15) is 0 Å². The van der Waals surface area contributed by atoms with E-state index in [2.05, 4.69) is 0 Å². The highest BCUT2D eigenvalue weighted by Gasteiger charge is 2.08. The Morgan fingerprint density at radius 1 is 1.38 bits per heavy atom. The maximum absolute atomic E-state index is 10.3. The number of carbonyl (C=O) groups excluding carboxylic acids is 1. The predicted octanol–water partition coefficient (Wildman–Crippen LogP) is 0.866. The van der Waals surface area contributed by atoms with Crippen LogP contribution in [0.5, 0.6) is 0 Å². The number of amides is 1. The Labute approximate surface area is 50.1 Å². The number of rotatable bonds is 3. The standard InChI is InChI=1S/C6H12NO/c1-3-5(4-2)6(7)8/h3-4H2,1-2H3,(H2,7,8). The van der Waals surface area contributed by atoms with E-state index < -0.39 is 0 Å². The van der Waals surface area contributed by atoms with Gasteiger partial charge in [-0.2, -0.15) is 0 Å². The summed E-state index contributed by atoms with van der Waals surface area (Å²) >= 11 is 0. The first kappa shape index (κ1) is 7.47. The van der Waals surface area contributed by atoms with E-state index >= 15 is 0 Å². The third-order valence-electron chi connectivity index (χ3n) is 1.20. The molecular formula is C6H12NO. The largest absolute Gasteiger partial charge is 0.369 e. The van der Waals surface area contributed by atoms with E-state index in [1.54, 1.807) is 0 Å². The van der Waals surface area contributed by atoms with Crippen molar-refractivity contribution < 1.29 is 4.79 Å². The summed E-state index contributed by atoms with van der Waals surface area (Å²) in [6, 6.07) is 0. The first-order valence-corrected chi connectivity index (χ1v) is 2.86. The van der Waals surface area contributed by atoms with E-state index in [1.165, 1.54) is 0 Å². The fraction of sp³-hybridized carbons (Fsp3) is 0.667. The minimum absolute atomic E-state index is 0.255. The van der Waals surface area contributed by atoms with Crippen LogP contribution in [-0.4, -0.2) is 5.91 Å². The van der Waals surface area contributed by atoms with Crippen molar-refractivity contribution >= 4 is 5.91 Å². The second-order valence-electron chi connectivity index (χ2n) is 1.67. The number of primary amides is 1. The Morgan fingerprint density at radius 2 is 1.75 bits per heavy atom. The van der Waals surface area contributed by atoms with E-state index in [4.69, 9.17) is 5.73 Å². The molecule has 0 atom stereocenters. The SMILES string of the molecule is CC[C](CC)C(N)=O. The zero-order valence-corrected chi connectivity index (χ0v) is 5.40. The van der Waals surface area contributed by atoms with E-state index in [0.717, 1.165) is 18.8 Å². The molecule has 0 spiro atoms. The molecule has 0 unspecified atom stereocenters. The lowest BCUT2D eigenvalue weighted by Gasteiger charge is -2.03. The normalized spacial score (nSPS) is 9.88. The average molecular weight is 114 g/mol. The van der Waals surface area contributed by atoms with Gasteiger partial charge in [0.05, 0.1) is 5.92 Å². The summed E-state index contributed by atoms with van der Waals surface area (Å²) < 4.78 is 0. The Morgan fingerprint density at radius 3 is 1.75 bits per heavy atom. The van der Waals surface area contributed by atoms with Crippen molar-refractivity contribution in [2.45, 2.75) is 26.7 Å². The second kappa shape index (κ2) is 3.47. The van der Waals surface area contributed by atoms with Crippen LogP contribution in [0.4, 0.5) is 0 Å². The molecule has 8 heavy (non-hydrogen) atoms. The summed E-state index contributed by atoms with van der Waals surface area (Å²) in [7, 11) is 0. The molecule has 0 aromatic carbocycles. The fourth-order valence-corrected chi connectivity index (χ4v) is 0.598. The molecule has 2 nitrogen and oxygen atoms in total. The lowest BCUT2D eigenvalue weighted by Crippen LogP contribution is -2.19. The molecule has 2 heteroatoms. The van der Waals surface area contributed by atoms with Crippen LogP contribution in [-0.2, 0) is 4.79 Å². The van der Waals surface area contributed by atoms with Gasteiger partial charge in [0, 0.05) is 0 Å². The van der Waals surface area contributed by atoms with Gasteiger partial charge in [0.25, 0.3) is 0 Å². The Bertz CT molecular complexity index is 76.6. The van der Waals surface area contributed by atoms with Crippen LogP contribution in [0.3, 0.4) is 0 Å². The molecule has 47 valence electrons. The van der Waals surface area contributed by atoms with Crippen molar-refractivity contribution in [2.75, 3.05) is 0 Å². The lowest BCUT2D eigenvalue weighted by molar-refractivity contribution is -0.116. The zero-order chi connectivity index (χ0) is 6.57. The number of hydrogen-bond donors (Lipinski definition) is 1. The summed E-state index contributed by atoms with van der Waals surface area (Å²) in [4.78, 5) is 10.3. The smallest absolute Gasteiger partial charge is 0.224 e. The Hall–Kier alpha value is -0.530. The van der Waals surface area contributed by atoms with E-state index in [9.17, 15) is 4.79 Å². The van der Waals surface area contributed by atoms with Crippen molar-refractivity contribution in [1.82, 2.24) is 0 Å². The van der Waals surface area contributed by atoms with Gasteiger partial charge in [-0.15, -0.1) is 0 Å². The van der Waals surface area contributed by atoms with Gasteiger partial charge in [-0.3, -0.25) is 4.79 Å². The fourth-order valence-electron chi connectivity index (χ4n) is 0.598. The number of hydrogen-bond acceptors (Lipinski definition) is 1. The molecule has 1 radical (unpaired) electrons. The van der Waals surface area contributed by atoms with E-state index in [1.807, 2.05) is 13.8 Å². The molecule has 2 N–H and O–H groups in total. The molecule has 0 fully saturated rings. The van der Waals surface area contributed by atoms with Crippen LogP contribution in [0.25, 0.3) is 0 Å². The molecule has 0 aliphatic rings. The zero-order valence-electron chi connectivity index (χ0n) is 5.40. The minimum Gasteiger partial charge on any atom is -0.369 e. The molecular weight excluding hydrogens is 102 g/mol. The van der Waals surface area contributed by atoms with Gasteiger partial charge < -0.3 is 5.73 Å². The third kappa shape index (κ3) is 1.96. The van der Waals surface area contributed by atoms with Gasteiger partial charge in [0.2, 0.25) is 5.91 Å². The highest BCUT2D eigenvalue weighted by atomic mass is 16.1. The summed E-state index contributed by atoms with van der Waals surface area (Å²) in [5.74, 6) is 0.569. The first-order valence-electron chi connectivity index (χ1n) is 2.86. The predicted molar refractivity (Wildman–Crippen MR) is 33.0 cm³/mol. The minimum atomic E-state index is -0.255. The van der Waals surface area contributed by atoms with Crippen molar-refractivity contribution in [1.29, 1.82) is 0 Å². The van der Waals surface area contributed by atoms with Crippen LogP contribution >= 0.6 is 0 Å². The van der Waals surface area contributed by atoms with Gasteiger partial charge in [-0.25, -0.2) is 0 Å². The van der Waals surface area contributed by atoms with Crippen molar-refractivity contribution in [3.63, 3.8) is 0 Å². The highest BCUT2D eigenvalue weighted by Crippen LogP contribution is 2.07. The Balaban J connectivity index is 3.52. The molecule has 1 amide bonds. The van der Waals surface area contributed by atoms with E-state index in [0.29, 0.717) is 0 Å². The number of carbonyl (C=O) groups is 1. The molecule has 0 aromatic rings. The molecule has 0 aromatic heterocycles. The van der Waals surface area contributed by atoms with Crippen LogP contribution < -0.4 is 5.73 Å². The summed E-state index contributed by atoms with van der Waals surface area (Å²) in [5.41, 5.74) is 4.98. The molecule has 0 saturated carbocycles. The molecule has 0 rings (SSSR count). The monoisotopic (exact) mass is 114 g/mol. The quantitative estimate of drug-likeness (QED) is 0.581. The summed E-state index contributed by atoms with van der Waals surface area (Å²) in [5, 5.41) is 0. The van der Waals surface area contributed by atoms with E-state index in [-0.39, 0.29) is 5.91 Å². The highest BCUT2D eigenvalue weighted by molar-refractivity contribution is 5.88. The van der Waals surface area contributed by atoms with Crippen molar-refractivity contribution in [2.24, 2.45) is 5.73 Å². The molecule has 0 heterocycles. The molecule has 0 saturated heterocycles. The maximum Gasteiger partial charge on any atom is 0.224 e. The van der Waals surface area contributed by atoms with Crippen LogP contribution in [0.15, 0.2) is 0 Å². The first-order chi connectivity index (χ1) is 3.72. The maximum atomic E-state index is 10.3. The summed E-state index contributed by atoms with van der Waals surface area (Å²) in [6.45, 7) is 3.87. The topological polar surface area (TPSA) is 43.1 Å². The number of nitrogens with two attached hydrogens (primary N) is 1. The van der Waals surface area contributed by atoms with Crippen molar-refractivity contribution in [3.8, 4) is 0 Å². The van der Waals surface area contributed by atoms with Gasteiger partial charge in [0.15, 0.2) is 0 Å². The van der Waals surface area contributed by atoms with Crippen LogP contribution in [0.2, 0.25) is 0 Å². The second-order valence-corrected chi connectivity index (χ2v) is 1.67. The van der Waals surface area contributed by atoms with Crippen molar-refractivity contribution in [3.05, 3.63) is 5.92 Å². The summed E-state index contributed by atoms with van der Waals surface area (Å²) in [6.07, 6.45) is 1.57. The van der Waals surface area contributed by atoms with Crippen LogP contribution in [0, 0.1) is 5.92 Å². The molecule has 0 bridgehead atoms. The molecule has 0 aliphatic carbocycles. The van der Waals surface area contributed by atoms with Gasteiger partial charge in [-0.1, -0.05) is 13.8 Å². The third-order valence-corrected chi connectivity index (χ3v) is 1.20. The molecule has 0 aliphatic heterocycles. The van der Waals surface area contributed by atoms with Gasteiger partial charge >= 0.3 is 0 Å². The Kier molecular flexibility index (Phi) is 3.24. The van der Waals surface area contributed by atoms with Crippen LogP contribution in [0.1, 0.15) is 26.7 Å².